The Morgan fingerprint density at radius 1 is 1.33 bits per heavy atom. The summed E-state index contributed by atoms with van der Waals surface area (Å²) in [6.45, 7) is 5.99. The summed E-state index contributed by atoms with van der Waals surface area (Å²) in [6, 6.07) is 5.18. The minimum Gasteiger partial charge on any atom is -0.352 e. The van der Waals surface area contributed by atoms with Gasteiger partial charge in [0.15, 0.2) is 0 Å². The number of carbonyl (C=O) groups excluding carboxylic acids is 2. The average Bonchev–Trinajstić information content (AvgIpc) is 2.93. The molecule has 6 heteroatoms. The van der Waals surface area contributed by atoms with Gasteiger partial charge in [-0.25, -0.2) is 0 Å². The fourth-order valence-electron chi connectivity index (χ4n) is 2.07. The van der Waals surface area contributed by atoms with Gasteiger partial charge in [0, 0.05) is 17.8 Å². The van der Waals surface area contributed by atoms with Gasteiger partial charge in [0.05, 0.1) is 5.41 Å². The van der Waals surface area contributed by atoms with E-state index in [0.717, 1.165) is 5.56 Å². The molecule has 2 N–H and O–H groups in total. The molecule has 0 saturated heterocycles. The fraction of sp³-hybridized carbons (Fsp3) is 0.467. The van der Waals surface area contributed by atoms with E-state index in [1.54, 1.807) is 25.1 Å². The zero-order valence-electron chi connectivity index (χ0n) is 12.2. The molecule has 1 aliphatic carbocycles. The third-order valence-corrected chi connectivity index (χ3v) is 4.95. The molecule has 0 radical (unpaired) electrons. The van der Waals surface area contributed by atoms with E-state index in [1.807, 2.05) is 13.8 Å². The highest BCUT2D eigenvalue weighted by Crippen LogP contribution is 2.64. The number of amides is 2. The van der Waals surface area contributed by atoms with Gasteiger partial charge in [0.2, 0.25) is 5.91 Å². The Hall–Kier alpha value is -1.26. The molecule has 1 aliphatic rings. The summed E-state index contributed by atoms with van der Waals surface area (Å²) in [5.41, 5.74) is 1.18. The van der Waals surface area contributed by atoms with E-state index >= 15 is 0 Å². The van der Waals surface area contributed by atoms with Gasteiger partial charge in [0.25, 0.3) is 5.91 Å². The number of carbonyl (C=O) groups is 2. The van der Waals surface area contributed by atoms with E-state index in [-0.39, 0.29) is 11.8 Å². The van der Waals surface area contributed by atoms with Crippen molar-refractivity contribution in [1.29, 1.82) is 0 Å². The first-order valence-electron chi connectivity index (χ1n) is 6.79. The molecule has 1 atom stereocenters. The summed E-state index contributed by atoms with van der Waals surface area (Å²) in [6.07, 6.45) is 0.421. The summed E-state index contributed by atoms with van der Waals surface area (Å²) in [7, 11) is 0. The van der Waals surface area contributed by atoms with Crippen molar-refractivity contribution in [3.63, 3.8) is 0 Å². The van der Waals surface area contributed by atoms with Crippen molar-refractivity contribution in [2.24, 2.45) is 5.41 Å². The van der Waals surface area contributed by atoms with Crippen molar-refractivity contribution in [1.82, 2.24) is 5.32 Å². The SMILES string of the molecule is CCNC(=O)c1ccc(C)c(NC(=O)[C@@]2(C)CC2(Cl)Cl)c1. The van der Waals surface area contributed by atoms with Gasteiger partial charge in [-0.1, -0.05) is 6.07 Å². The zero-order valence-corrected chi connectivity index (χ0v) is 13.7. The van der Waals surface area contributed by atoms with Gasteiger partial charge in [-0.3, -0.25) is 9.59 Å². The summed E-state index contributed by atoms with van der Waals surface area (Å²) in [4.78, 5) is 24.1. The molecule has 0 heterocycles. The van der Waals surface area contributed by atoms with Gasteiger partial charge in [-0.2, -0.15) is 0 Å². The van der Waals surface area contributed by atoms with Crippen LogP contribution in [0.5, 0.6) is 0 Å². The van der Waals surface area contributed by atoms with Crippen LogP contribution < -0.4 is 10.6 Å². The molecule has 1 fully saturated rings. The Kier molecular flexibility index (Phi) is 4.22. The molecule has 0 bridgehead atoms. The Balaban J connectivity index is 2.19. The third kappa shape index (κ3) is 3.01. The molecular formula is C15H18Cl2N2O2. The maximum atomic E-state index is 12.3. The smallest absolute Gasteiger partial charge is 0.251 e. The molecule has 1 aromatic carbocycles. The Morgan fingerprint density at radius 2 is 1.95 bits per heavy atom. The highest BCUT2D eigenvalue weighted by Gasteiger charge is 2.67. The maximum Gasteiger partial charge on any atom is 0.251 e. The number of halogens is 2. The maximum absolute atomic E-state index is 12.3. The second kappa shape index (κ2) is 5.50. The molecule has 21 heavy (non-hydrogen) atoms. The van der Waals surface area contributed by atoms with Crippen LogP contribution in [0, 0.1) is 12.3 Å². The summed E-state index contributed by atoms with van der Waals surface area (Å²) >= 11 is 12.0. The zero-order chi connectivity index (χ0) is 15.8. The summed E-state index contributed by atoms with van der Waals surface area (Å²) < 4.78 is -1.01. The van der Waals surface area contributed by atoms with Crippen LogP contribution in [0.15, 0.2) is 18.2 Å². The van der Waals surface area contributed by atoms with Crippen LogP contribution in [0.1, 0.15) is 36.2 Å². The fourth-order valence-corrected chi connectivity index (χ4v) is 2.77. The largest absolute Gasteiger partial charge is 0.352 e. The molecule has 2 rings (SSSR count). The van der Waals surface area contributed by atoms with E-state index in [2.05, 4.69) is 10.6 Å². The first-order valence-corrected chi connectivity index (χ1v) is 7.55. The van der Waals surface area contributed by atoms with Gasteiger partial charge in [-0.05, 0) is 44.9 Å². The van der Waals surface area contributed by atoms with Crippen LogP contribution in [-0.4, -0.2) is 22.7 Å². The number of anilines is 1. The van der Waals surface area contributed by atoms with Crippen molar-refractivity contribution >= 4 is 40.7 Å². The minimum absolute atomic E-state index is 0.172. The lowest BCUT2D eigenvalue weighted by atomic mass is 10.1. The van der Waals surface area contributed by atoms with Crippen LogP contribution in [-0.2, 0) is 4.79 Å². The van der Waals surface area contributed by atoms with Crippen molar-refractivity contribution in [3.05, 3.63) is 29.3 Å². The van der Waals surface area contributed by atoms with E-state index < -0.39 is 9.75 Å². The van der Waals surface area contributed by atoms with Crippen LogP contribution in [0.2, 0.25) is 0 Å². The minimum atomic E-state index is -1.01. The number of alkyl halides is 2. The Morgan fingerprint density at radius 3 is 2.48 bits per heavy atom. The standard InChI is InChI=1S/C15H18Cl2N2O2/c1-4-18-12(20)10-6-5-9(2)11(7-10)19-13(21)14(3)8-15(14,16)17/h5-7H,4,8H2,1-3H3,(H,18,20)(H,19,21)/t14-/m1/s1. The second-order valence-corrected chi connectivity index (χ2v) is 7.04. The van der Waals surface area contributed by atoms with Crippen LogP contribution in [0.3, 0.4) is 0 Å². The normalized spacial score (nSPS) is 22.5. The summed E-state index contributed by atoms with van der Waals surface area (Å²) in [5, 5.41) is 5.54. The molecule has 0 aromatic heterocycles. The first kappa shape index (κ1) is 16.1. The van der Waals surface area contributed by atoms with Gasteiger partial charge < -0.3 is 10.6 Å². The van der Waals surface area contributed by atoms with Gasteiger partial charge in [0.1, 0.15) is 4.33 Å². The van der Waals surface area contributed by atoms with E-state index in [9.17, 15) is 9.59 Å². The molecule has 4 nitrogen and oxygen atoms in total. The molecule has 0 unspecified atom stereocenters. The number of hydrogen-bond acceptors (Lipinski definition) is 2. The van der Waals surface area contributed by atoms with Gasteiger partial charge >= 0.3 is 0 Å². The molecule has 0 aliphatic heterocycles. The Labute approximate surface area is 134 Å². The van der Waals surface area contributed by atoms with E-state index in [0.29, 0.717) is 24.2 Å². The molecule has 114 valence electrons. The molecular weight excluding hydrogens is 311 g/mol. The van der Waals surface area contributed by atoms with Crippen molar-refractivity contribution in [2.45, 2.75) is 31.5 Å². The number of hydrogen-bond donors (Lipinski definition) is 2. The first-order chi connectivity index (χ1) is 9.71. The molecule has 0 spiro atoms. The van der Waals surface area contributed by atoms with E-state index in [4.69, 9.17) is 23.2 Å². The van der Waals surface area contributed by atoms with Crippen molar-refractivity contribution < 1.29 is 9.59 Å². The monoisotopic (exact) mass is 328 g/mol. The predicted octanol–water partition coefficient (Wildman–Crippen LogP) is 3.27. The number of aryl methyl sites for hydroxylation is 1. The molecule has 2 amide bonds. The second-order valence-electron chi connectivity index (χ2n) is 5.56. The molecule has 1 aromatic rings. The topological polar surface area (TPSA) is 58.2 Å². The highest BCUT2D eigenvalue weighted by molar-refractivity contribution is 6.53. The van der Waals surface area contributed by atoms with Gasteiger partial charge in [-0.15, -0.1) is 23.2 Å². The van der Waals surface area contributed by atoms with Crippen LogP contribution >= 0.6 is 23.2 Å². The lowest BCUT2D eigenvalue weighted by Gasteiger charge is -2.15. The average molecular weight is 329 g/mol. The van der Waals surface area contributed by atoms with Crippen molar-refractivity contribution in [3.8, 4) is 0 Å². The summed E-state index contributed by atoms with van der Waals surface area (Å²) in [5.74, 6) is -0.404. The quantitative estimate of drug-likeness (QED) is 0.833. The number of nitrogens with one attached hydrogen (secondary N) is 2. The van der Waals surface area contributed by atoms with Crippen molar-refractivity contribution in [2.75, 3.05) is 11.9 Å². The predicted molar refractivity (Wildman–Crippen MR) is 85.0 cm³/mol. The Bertz CT molecular complexity index is 601. The third-order valence-electron chi connectivity index (χ3n) is 3.84. The number of rotatable bonds is 4. The van der Waals surface area contributed by atoms with Crippen LogP contribution in [0.4, 0.5) is 5.69 Å². The lowest BCUT2D eigenvalue weighted by Crippen LogP contribution is -2.27. The number of benzene rings is 1. The molecule has 1 saturated carbocycles. The lowest BCUT2D eigenvalue weighted by molar-refractivity contribution is -0.120. The highest BCUT2D eigenvalue weighted by atomic mass is 35.5. The van der Waals surface area contributed by atoms with E-state index in [1.165, 1.54) is 0 Å². The van der Waals surface area contributed by atoms with Crippen LogP contribution in [0.25, 0.3) is 0 Å².